The molecule has 0 aliphatic heterocycles. The van der Waals surface area contributed by atoms with E-state index in [4.69, 9.17) is 28.9 Å². The molecular formula is C13H10BrCl2NS. The van der Waals surface area contributed by atoms with Gasteiger partial charge in [-0.3, -0.25) is 0 Å². The number of rotatable bonds is 3. The van der Waals surface area contributed by atoms with Crippen LogP contribution in [0.1, 0.15) is 5.56 Å². The molecule has 0 aliphatic carbocycles. The average molecular weight is 363 g/mol. The van der Waals surface area contributed by atoms with Crippen LogP contribution >= 0.6 is 50.9 Å². The predicted molar refractivity (Wildman–Crippen MR) is 82.6 cm³/mol. The van der Waals surface area contributed by atoms with Gasteiger partial charge in [-0.05, 0) is 42.0 Å². The summed E-state index contributed by atoms with van der Waals surface area (Å²) in [5, 5.41) is 1.37. The van der Waals surface area contributed by atoms with Gasteiger partial charge in [0.05, 0.1) is 5.02 Å². The fraction of sp³-hybridized carbons (Fsp3) is 0.0769. The van der Waals surface area contributed by atoms with Crippen molar-refractivity contribution in [1.82, 2.24) is 0 Å². The molecule has 2 aromatic carbocycles. The highest BCUT2D eigenvalue weighted by atomic mass is 79.9. The molecule has 2 rings (SSSR count). The van der Waals surface area contributed by atoms with Crippen molar-refractivity contribution in [3.63, 3.8) is 0 Å². The molecule has 0 fully saturated rings. The Kier molecular flexibility index (Phi) is 4.98. The average Bonchev–Trinajstić information content (AvgIpc) is 2.33. The van der Waals surface area contributed by atoms with E-state index in [1.807, 2.05) is 24.3 Å². The van der Waals surface area contributed by atoms with E-state index in [0.29, 0.717) is 16.6 Å². The van der Waals surface area contributed by atoms with Crippen LogP contribution in [0.4, 0.5) is 0 Å². The van der Waals surface area contributed by atoms with Crippen molar-refractivity contribution >= 4 is 50.9 Å². The number of hydrogen-bond donors (Lipinski definition) is 1. The fourth-order valence-electron chi connectivity index (χ4n) is 1.48. The molecule has 2 N–H and O–H groups in total. The van der Waals surface area contributed by atoms with Crippen molar-refractivity contribution in [3.8, 4) is 0 Å². The molecule has 0 unspecified atom stereocenters. The molecule has 0 saturated carbocycles. The van der Waals surface area contributed by atoms with Crippen molar-refractivity contribution in [2.75, 3.05) is 0 Å². The van der Waals surface area contributed by atoms with Gasteiger partial charge in [-0.25, -0.2) is 0 Å². The van der Waals surface area contributed by atoms with Crippen molar-refractivity contribution in [3.05, 3.63) is 56.5 Å². The van der Waals surface area contributed by atoms with Crippen LogP contribution in [-0.4, -0.2) is 0 Å². The largest absolute Gasteiger partial charge is 0.326 e. The Morgan fingerprint density at radius 1 is 1.11 bits per heavy atom. The predicted octanol–water partition coefficient (Wildman–Crippen LogP) is 5.37. The lowest BCUT2D eigenvalue weighted by molar-refractivity contribution is 1.06. The minimum absolute atomic E-state index is 0.510. The molecule has 0 aromatic heterocycles. The fourth-order valence-corrected chi connectivity index (χ4v) is 3.64. The van der Waals surface area contributed by atoms with Crippen molar-refractivity contribution in [2.24, 2.45) is 5.73 Å². The molecule has 0 aliphatic rings. The van der Waals surface area contributed by atoms with E-state index in [-0.39, 0.29) is 0 Å². The van der Waals surface area contributed by atoms with Crippen LogP contribution in [0.15, 0.2) is 50.7 Å². The molecule has 0 amide bonds. The topological polar surface area (TPSA) is 26.0 Å². The number of halogens is 3. The first-order chi connectivity index (χ1) is 8.58. The van der Waals surface area contributed by atoms with E-state index < -0.39 is 0 Å². The smallest absolute Gasteiger partial charge is 0.0546 e. The number of benzene rings is 2. The second kappa shape index (κ2) is 6.31. The van der Waals surface area contributed by atoms with Crippen LogP contribution in [0.3, 0.4) is 0 Å². The molecule has 0 spiro atoms. The van der Waals surface area contributed by atoms with E-state index in [1.165, 1.54) is 0 Å². The van der Waals surface area contributed by atoms with Gasteiger partial charge in [-0.15, -0.1) is 0 Å². The van der Waals surface area contributed by atoms with Crippen LogP contribution < -0.4 is 5.73 Å². The molecule has 2 aromatic rings. The first-order valence-electron chi connectivity index (χ1n) is 5.21. The first kappa shape index (κ1) is 14.2. The van der Waals surface area contributed by atoms with Crippen molar-refractivity contribution in [1.29, 1.82) is 0 Å². The lowest BCUT2D eigenvalue weighted by Crippen LogP contribution is -1.96. The molecule has 0 atom stereocenters. The van der Waals surface area contributed by atoms with Crippen LogP contribution in [0.5, 0.6) is 0 Å². The highest BCUT2D eigenvalue weighted by molar-refractivity contribution is 9.10. The summed E-state index contributed by atoms with van der Waals surface area (Å²) in [6, 6.07) is 11.5. The number of nitrogens with two attached hydrogens (primary N) is 1. The zero-order valence-electron chi connectivity index (χ0n) is 9.29. The molecule has 0 heterocycles. The summed E-state index contributed by atoms with van der Waals surface area (Å²) >= 11 is 17.2. The standard InChI is InChI=1S/C13H10BrCl2NS/c14-9-3-8(7-17)4-11(5-9)18-13-6-10(15)1-2-12(13)16/h1-6H,7,17H2. The molecule has 0 bridgehead atoms. The van der Waals surface area contributed by atoms with E-state index in [0.717, 1.165) is 19.8 Å². The third-order valence-electron chi connectivity index (χ3n) is 2.29. The maximum absolute atomic E-state index is 6.14. The Hall–Kier alpha value is -0.190. The molecule has 94 valence electrons. The van der Waals surface area contributed by atoms with E-state index in [9.17, 15) is 0 Å². The number of hydrogen-bond acceptors (Lipinski definition) is 2. The van der Waals surface area contributed by atoms with Crippen LogP contribution in [0.25, 0.3) is 0 Å². The summed E-state index contributed by atoms with van der Waals surface area (Å²) in [7, 11) is 0. The molecule has 5 heteroatoms. The van der Waals surface area contributed by atoms with E-state index in [2.05, 4.69) is 15.9 Å². The maximum Gasteiger partial charge on any atom is 0.0546 e. The van der Waals surface area contributed by atoms with Gasteiger partial charge in [0.15, 0.2) is 0 Å². The highest BCUT2D eigenvalue weighted by Crippen LogP contribution is 2.36. The minimum Gasteiger partial charge on any atom is -0.326 e. The first-order valence-corrected chi connectivity index (χ1v) is 7.57. The third kappa shape index (κ3) is 3.65. The Morgan fingerprint density at radius 3 is 2.61 bits per heavy atom. The van der Waals surface area contributed by atoms with Gasteiger partial charge in [0, 0.05) is 25.8 Å². The summed E-state index contributed by atoms with van der Waals surface area (Å²) in [6.07, 6.45) is 0. The Bertz CT molecular complexity index is 575. The van der Waals surface area contributed by atoms with Crippen molar-refractivity contribution < 1.29 is 0 Å². The van der Waals surface area contributed by atoms with Gasteiger partial charge in [-0.2, -0.15) is 0 Å². The van der Waals surface area contributed by atoms with Gasteiger partial charge in [0.25, 0.3) is 0 Å². The molecule has 1 nitrogen and oxygen atoms in total. The SMILES string of the molecule is NCc1cc(Br)cc(Sc2cc(Cl)ccc2Cl)c1. The lowest BCUT2D eigenvalue weighted by Gasteiger charge is -2.07. The minimum atomic E-state index is 0.510. The van der Waals surface area contributed by atoms with Crippen LogP contribution in [0.2, 0.25) is 10.0 Å². The van der Waals surface area contributed by atoms with Gasteiger partial charge in [-0.1, -0.05) is 50.9 Å². The summed E-state index contributed by atoms with van der Waals surface area (Å²) in [5.74, 6) is 0. The Labute approximate surface area is 129 Å². The monoisotopic (exact) mass is 361 g/mol. The summed E-state index contributed by atoms with van der Waals surface area (Å²) in [6.45, 7) is 0.510. The third-order valence-corrected chi connectivity index (χ3v) is 4.45. The van der Waals surface area contributed by atoms with Gasteiger partial charge >= 0.3 is 0 Å². The molecular weight excluding hydrogens is 353 g/mol. The molecule has 0 radical (unpaired) electrons. The Morgan fingerprint density at radius 2 is 1.89 bits per heavy atom. The summed E-state index contributed by atoms with van der Waals surface area (Å²) < 4.78 is 1.01. The van der Waals surface area contributed by atoms with Crippen molar-refractivity contribution in [2.45, 2.75) is 16.3 Å². The van der Waals surface area contributed by atoms with Gasteiger partial charge in [0.1, 0.15) is 0 Å². The molecule has 18 heavy (non-hydrogen) atoms. The van der Waals surface area contributed by atoms with E-state index >= 15 is 0 Å². The van der Waals surface area contributed by atoms with Gasteiger partial charge < -0.3 is 5.73 Å². The summed E-state index contributed by atoms with van der Waals surface area (Å²) in [5.41, 5.74) is 6.73. The normalized spacial score (nSPS) is 10.7. The van der Waals surface area contributed by atoms with Gasteiger partial charge in [0.2, 0.25) is 0 Å². The van der Waals surface area contributed by atoms with E-state index in [1.54, 1.807) is 23.9 Å². The molecule has 0 saturated heterocycles. The lowest BCUT2D eigenvalue weighted by atomic mass is 10.2. The summed E-state index contributed by atoms with van der Waals surface area (Å²) in [4.78, 5) is 2.01. The van der Waals surface area contributed by atoms with Crippen LogP contribution in [0, 0.1) is 0 Å². The highest BCUT2D eigenvalue weighted by Gasteiger charge is 2.05. The second-order valence-electron chi connectivity index (χ2n) is 3.68. The van der Waals surface area contributed by atoms with Crippen LogP contribution in [-0.2, 0) is 6.54 Å². The second-order valence-corrected chi connectivity index (χ2v) is 6.55. The maximum atomic E-state index is 6.14. The zero-order valence-corrected chi connectivity index (χ0v) is 13.2. The zero-order chi connectivity index (χ0) is 13.1. The Balaban J connectivity index is 2.33. The quantitative estimate of drug-likeness (QED) is 0.794.